The van der Waals surface area contributed by atoms with Gasteiger partial charge in [-0.05, 0) is 30.7 Å². The van der Waals surface area contributed by atoms with Crippen LogP contribution in [0.3, 0.4) is 0 Å². The average Bonchev–Trinajstić information content (AvgIpc) is 2.29. The van der Waals surface area contributed by atoms with Crippen molar-refractivity contribution >= 4 is 11.9 Å². The lowest BCUT2D eigenvalue weighted by Gasteiger charge is -2.04. The molecule has 0 aromatic heterocycles. The predicted octanol–water partition coefficient (Wildman–Crippen LogP) is 0.740. The number of carboxylic acid groups (broad SMARTS) is 1. The lowest BCUT2D eigenvalue weighted by atomic mass is 10.1. The summed E-state index contributed by atoms with van der Waals surface area (Å²) in [6, 6.07) is 7.00. The van der Waals surface area contributed by atoms with Gasteiger partial charge in [0.05, 0.1) is 0 Å². The summed E-state index contributed by atoms with van der Waals surface area (Å²) in [6.07, 6.45) is 0.780. The van der Waals surface area contributed by atoms with E-state index in [4.69, 9.17) is 10.8 Å². The third-order valence-corrected chi connectivity index (χ3v) is 2.31. The molecule has 0 fully saturated rings. The van der Waals surface area contributed by atoms with Gasteiger partial charge < -0.3 is 16.2 Å². The second-order valence-electron chi connectivity index (χ2n) is 3.74. The summed E-state index contributed by atoms with van der Waals surface area (Å²) in [7, 11) is 0. The highest BCUT2D eigenvalue weighted by Crippen LogP contribution is 2.03. The first-order chi connectivity index (χ1) is 8.09. The summed E-state index contributed by atoms with van der Waals surface area (Å²) in [4.78, 5) is 21.1. The molecule has 5 nitrogen and oxygen atoms in total. The lowest BCUT2D eigenvalue weighted by molar-refractivity contribution is -0.137. The van der Waals surface area contributed by atoms with Gasteiger partial charge in [0.15, 0.2) is 0 Å². The monoisotopic (exact) mass is 236 g/mol. The minimum Gasteiger partial charge on any atom is -0.481 e. The van der Waals surface area contributed by atoms with Gasteiger partial charge in [0.25, 0.3) is 0 Å². The molecule has 5 heteroatoms. The smallest absolute Gasteiger partial charge is 0.303 e. The van der Waals surface area contributed by atoms with Crippen LogP contribution in [0.25, 0.3) is 0 Å². The quantitative estimate of drug-likeness (QED) is 0.609. The zero-order valence-corrected chi connectivity index (χ0v) is 9.48. The zero-order valence-electron chi connectivity index (χ0n) is 9.48. The summed E-state index contributed by atoms with van der Waals surface area (Å²) in [5.41, 5.74) is 6.64. The molecule has 0 aliphatic carbocycles. The van der Waals surface area contributed by atoms with Crippen LogP contribution in [-0.2, 0) is 11.3 Å². The van der Waals surface area contributed by atoms with E-state index in [1.807, 2.05) is 12.1 Å². The Bertz CT molecular complexity index is 387. The van der Waals surface area contributed by atoms with Crippen molar-refractivity contribution in [1.82, 2.24) is 5.32 Å². The number of carboxylic acids is 1. The minimum absolute atomic E-state index is 0.174. The van der Waals surface area contributed by atoms with Crippen LogP contribution in [0.4, 0.5) is 0 Å². The number of nitrogens with one attached hydrogen (secondary N) is 1. The molecule has 0 saturated carbocycles. The fourth-order valence-corrected chi connectivity index (χ4v) is 1.38. The molecule has 0 atom stereocenters. The molecule has 17 heavy (non-hydrogen) atoms. The Morgan fingerprint density at radius 3 is 2.41 bits per heavy atom. The standard InChI is InChI=1S/C12H16N2O3/c13-12(17)10-5-3-9(4-6-10)8-14-7-1-2-11(15)16/h3-6,14H,1-2,7-8H2,(H2,13,17)(H,15,16). The summed E-state index contributed by atoms with van der Waals surface area (Å²) in [5.74, 6) is -1.22. The fourth-order valence-electron chi connectivity index (χ4n) is 1.38. The number of nitrogens with two attached hydrogens (primary N) is 1. The first kappa shape index (κ1) is 13.2. The first-order valence-corrected chi connectivity index (χ1v) is 5.41. The molecule has 0 aliphatic heterocycles. The molecule has 1 rings (SSSR count). The van der Waals surface area contributed by atoms with Crippen LogP contribution in [0.5, 0.6) is 0 Å². The van der Waals surface area contributed by atoms with Crippen LogP contribution in [-0.4, -0.2) is 23.5 Å². The van der Waals surface area contributed by atoms with Crippen molar-refractivity contribution in [3.8, 4) is 0 Å². The van der Waals surface area contributed by atoms with E-state index in [1.165, 1.54) is 0 Å². The molecule has 0 bridgehead atoms. The van der Waals surface area contributed by atoms with Crippen molar-refractivity contribution in [1.29, 1.82) is 0 Å². The number of hydrogen-bond donors (Lipinski definition) is 3. The van der Waals surface area contributed by atoms with Crippen molar-refractivity contribution in [2.24, 2.45) is 5.73 Å². The molecule has 0 radical (unpaired) electrons. The van der Waals surface area contributed by atoms with Gasteiger partial charge >= 0.3 is 5.97 Å². The molecule has 0 aliphatic rings. The van der Waals surface area contributed by atoms with Gasteiger partial charge in [0.2, 0.25) is 5.91 Å². The maximum atomic E-state index is 10.8. The van der Waals surface area contributed by atoms with Crippen LogP contribution in [0.1, 0.15) is 28.8 Å². The number of hydrogen-bond acceptors (Lipinski definition) is 3. The van der Waals surface area contributed by atoms with Crippen molar-refractivity contribution in [3.63, 3.8) is 0 Å². The number of rotatable bonds is 7. The van der Waals surface area contributed by atoms with E-state index >= 15 is 0 Å². The van der Waals surface area contributed by atoms with Crippen LogP contribution < -0.4 is 11.1 Å². The maximum absolute atomic E-state index is 10.8. The predicted molar refractivity (Wildman–Crippen MR) is 63.5 cm³/mol. The van der Waals surface area contributed by atoms with Crippen molar-refractivity contribution in [2.45, 2.75) is 19.4 Å². The molecule has 92 valence electrons. The molecule has 0 saturated heterocycles. The van der Waals surface area contributed by atoms with Crippen LogP contribution in [0.2, 0.25) is 0 Å². The van der Waals surface area contributed by atoms with E-state index in [2.05, 4.69) is 5.32 Å². The summed E-state index contributed by atoms with van der Waals surface area (Å²) in [6.45, 7) is 1.31. The van der Waals surface area contributed by atoms with Gasteiger partial charge in [-0.1, -0.05) is 12.1 Å². The molecule has 0 unspecified atom stereocenters. The Kier molecular flexibility index (Phi) is 5.16. The Hall–Kier alpha value is -1.88. The Balaban J connectivity index is 2.27. The third kappa shape index (κ3) is 5.12. The van der Waals surface area contributed by atoms with Crippen LogP contribution >= 0.6 is 0 Å². The highest BCUT2D eigenvalue weighted by Gasteiger charge is 2.00. The first-order valence-electron chi connectivity index (χ1n) is 5.41. The molecular formula is C12H16N2O3. The maximum Gasteiger partial charge on any atom is 0.303 e. The highest BCUT2D eigenvalue weighted by atomic mass is 16.4. The topological polar surface area (TPSA) is 92.4 Å². The van der Waals surface area contributed by atoms with E-state index in [0.717, 1.165) is 5.56 Å². The van der Waals surface area contributed by atoms with Gasteiger partial charge in [0.1, 0.15) is 0 Å². The third-order valence-electron chi connectivity index (χ3n) is 2.31. The Morgan fingerprint density at radius 2 is 1.88 bits per heavy atom. The number of amides is 1. The highest BCUT2D eigenvalue weighted by molar-refractivity contribution is 5.92. The number of aliphatic carboxylic acids is 1. The number of carbonyl (C=O) groups excluding carboxylic acids is 1. The van der Waals surface area contributed by atoms with E-state index in [9.17, 15) is 9.59 Å². The molecule has 0 spiro atoms. The molecule has 1 aromatic rings. The van der Waals surface area contributed by atoms with E-state index in [-0.39, 0.29) is 6.42 Å². The molecule has 1 aromatic carbocycles. The SMILES string of the molecule is NC(=O)c1ccc(CNCCCC(=O)O)cc1. The van der Waals surface area contributed by atoms with Crippen molar-refractivity contribution in [3.05, 3.63) is 35.4 Å². The zero-order chi connectivity index (χ0) is 12.7. The average molecular weight is 236 g/mol. The normalized spacial score (nSPS) is 10.1. The van der Waals surface area contributed by atoms with E-state index in [0.29, 0.717) is 25.1 Å². The van der Waals surface area contributed by atoms with E-state index in [1.54, 1.807) is 12.1 Å². The van der Waals surface area contributed by atoms with Gasteiger partial charge in [-0.15, -0.1) is 0 Å². The Morgan fingerprint density at radius 1 is 1.24 bits per heavy atom. The molecular weight excluding hydrogens is 220 g/mol. The van der Waals surface area contributed by atoms with Gasteiger partial charge in [-0.3, -0.25) is 9.59 Å². The second kappa shape index (κ2) is 6.65. The molecule has 4 N–H and O–H groups in total. The summed E-state index contributed by atoms with van der Waals surface area (Å²) >= 11 is 0. The second-order valence-corrected chi connectivity index (χ2v) is 3.74. The van der Waals surface area contributed by atoms with Gasteiger partial charge in [-0.2, -0.15) is 0 Å². The largest absolute Gasteiger partial charge is 0.481 e. The number of benzene rings is 1. The van der Waals surface area contributed by atoms with E-state index < -0.39 is 11.9 Å². The molecule has 1 amide bonds. The van der Waals surface area contributed by atoms with Crippen molar-refractivity contribution < 1.29 is 14.7 Å². The number of primary amides is 1. The minimum atomic E-state index is -0.780. The summed E-state index contributed by atoms with van der Waals surface area (Å²) < 4.78 is 0. The van der Waals surface area contributed by atoms with Crippen LogP contribution in [0.15, 0.2) is 24.3 Å². The van der Waals surface area contributed by atoms with Crippen molar-refractivity contribution in [2.75, 3.05) is 6.54 Å². The fraction of sp³-hybridized carbons (Fsp3) is 0.333. The summed E-state index contributed by atoms with van der Waals surface area (Å²) in [5, 5.41) is 11.6. The van der Waals surface area contributed by atoms with Crippen LogP contribution in [0, 0.1) is 0 Å². The van der Waals surface area contributed by atoms with Gasteiger partial charge in [0, 0.05) is 18.5 Å². The lowest BCUT2D eigenvalue weighted by Crippen LogP contribution is -2.16. The van der Waals surface area contributed by atoms with Gasteiger partial charge in [-0.25, -0.2) is 0 Å². The number of carbonyl (C=O) groups is 2. The molecule has 0 heterocycles. The Labute approximate surface area is 99.6 Å².